The minimum absolute atomic E-state index is 0.0854. The quantitative estimate of drug-likeness (QED) is 0.192. The Bertz CT molecular complexity index is 1710. The highest BCUT2D eigenvalue weighted by Gasteiger charge is 2.34. The molecule has 1 aromatic carbocycles. The number of nitrogens with zero attached hydrogens (tertiary/aromatic N) is 4. The fourth-order valence-electron chi connectivity index (χ4n) is 4.54. The number of benzene rings is 1. The first-order valence-electron chi connectivity index (χ1n) is 12.5. The number of hydrogen-bond acceptors (Lipinski definition) is 5. The SMILES string of the molecule is CC=C(C)C(=NC)c1cc(C)nc2c(OCc3c(F)cnc(C)c3Cn3cccc(C(F)(F)F)c3=O)cccc12. The topological polar surface area (TPSA) is 69.4 Å². The van der Waals surface area contributed by atoms with E-state index in [1.807, 2.05) is 39.0 Å². The van der Waals surface area contributed by atoms with Gasteiger partial charge in [0.05, 0.1) is 18.5 Å². The van der Waals surface area contributed by atoms with E-state index in [0.717, 1.165) is 50.8 Å². The molecule has 0 fully saturated rings. The van der Waals surface area contributed by atoms with Crippen molar-refractivity contribution in [3.8, 4) is 5.75 Å². The molecule has 0 unspecified atom stereocenters. The van der Waals surface area contributed by atoms with E-state index >= 15 is 4.39 Å². The van der Waals surface area contributed by atoms with Crippen LogP contribution in [0.25, 0.3) is 10.9 Å². The Morgan fingerprint density at radius 3 is 2.58 bits per heavy atom. The van der Waals surface area contributed by atoms with Gasteiger partial charge in [0.1, 0.15) is 29.3 Å². The molecule has 0 N–H and O–H groups in total. The number of aryl methyl sites for hydroxylation is 2. The van der Waals surface area contributed by atoms with Gasteiger partial charge in [-0.05, 0) is 57.5 Å². The average molecular weight is 553 g/mol. The molecule has 10 heteroatoms. The van der Waals surface area contributed by atoms with Crippen LogP contribution in [-0.2, 0) is 19.3 Å². The van der Waals surface area contributed by atoms with Crippen molar-refractivity contribution in [2.75, 3.05) is 7.05 Å². The largest absolute Gasteiger partial charge is 0.486 e. The molecule has 0 bridgehead atoms. The molecule has 40 heavy (non-hydrogen) atoms. The lowest BCUT2D eigenvalue weighted by Crippen LogP contribution is -2.29. The maximum absolute atomic E-state index is 15.1. The molecule has 0 aliphatic carbocycles. The third-order valence-electron chi connectivity index (χ3n) is 6.70. The normalized spacial score (nSPS) is 12.7. The number of allylic oxidation sites excluding steroid dienone is 2. The van der Waals surface area contributed by atoms with Crippen LogP contribution < -0.4 is 10.3 Å². The van der Waals surface area contributed by atoms with Crippen LogP contribution in [0.3, 0.4) is 0 Å². The Morgan fingerprint density at radius 1 is 1.15 bits per heavy atom. The Hall–Kier alpha value is -4.34. The maximum atomic E-state index is 15.1. The smallest absolute Gasteiger partial charge is 0.421 e. The minimum atomic E-state index is -4.81. The van der Waals surface area contributed by atoms with Crippen LogP contribution in [0.5, 0.6) is 5.75 Å². The zero-order chi connectivity index (χ0) is 29.2. The van der Waals surface area contributed by atoms with E-state index < -0.39 is 23.1 Å². The highest BCUT2D eigenvalue weighted by atomic mass is 19.4. The summed E-state index contributed by atoms with van der Waals surface area (Å²) in [5.41, 5.74) is 2.15. The summed E-state index contributed by atoms with van der Waals surface area (Å²) in [6.07, 6.45) is -0.589. The molecule has 0 atom stereocenters. The van der Waals surface area contributed by atoms with E-state index in [0.29, 0.717) is 17.0 Å². The summed E-state index contributed by atoms with van der Waals surface area (Å²) in [7, 11) is 1.72. The van der Waals surface area contributed by atoms with Crippen molar-refractivity contribution in [3.05, 3.63) is 110 Å². The van der Waals surface area contributed by atoms with Crippen molar-refractivity contribution in [1.82, 2.24) is 14.5 Å². The van der Waals surface area contributed by atoms with E-state index in [9.17, 15) is 18.0 Å². The third-order valence-corrected chi connectivity index (χ3v) is 6.70. The van der Waals surface area contributed by atoms with Crippen molar-refractivity contribution in [3.63, 3.8) is 0 Å². The maximum Gasteiger partial charge on any atom is 0.421 e. The van der Waals surface area contributed by atoms with Crippen LogP contribution >= 0.6 is 0 Å². The number of aromatic nitrogens is 3. The molecule has 0 spiro atoms. The first-order valence-corrected chi connectivity index (χ1v) is 12.5. The molecule has 0 radical (unpaired) electrons. The lowest BCUT2D eigenvalue weighted by molar-refractivity contribution is -0.138. The van der Waals surface area contributed by atoms with Gasteiger partial charge in [-0.3, -0.25) is 14.8 Å². The lowest BCUT2D eigenvalue weighted by atomic mass is 9.98. The van der Waals surface area contributed by atoms with Gasteiger partial charge < -0.3 is 9.30 Å². The molecule has 208 valence electrons. The molecular weight excluding hydrogens is 524 g/mol. The zero-order valence-electron chi connectivity index (χ0n) is 22.7. The second-order valence-electron chi connectivity index (χ2n) is 9.30. The van der Waals surface area contributed by atoms with Crippen LogP contribution in [0.2, 0.25) is 0 Å². The summed E-state index contributed by atoms with van der Waals surface area (Å²) in [5, 5.41) is 0.798. The molecule has 0 saturated carbocycles. The first-order chi connectivity index (χ1) is 19.0. The molecular formula is C30H28F4N4O2. The molecule has 0 saturated heterocycles. The highest BCUT2D eigenvalue weighted by molar-refractivity contribution is 6.19. The average Bonchev–Trinajstić information content (AvgIpc) is 2.91. The second kappa shape index (κ2) is 11.4. The summed E-state index contributed by atoms with van der Waals surface area (Å²) in [6, 6.07) is 9.21. The van der Waals surface area contributed by atoms with Gasteiger partial charge >= 0.3 is 6.18 Å². The van der Waals surface area contributed by atoms with Crippen LogP contribution in [-0.4, -0.2) is 27.3 Å². The number of ether oxygens (including phenoxy) is 1. The molecule has 0 aliphatic heterocycles. The van der Waals surface area contributed by atoms with Gasteiger partial charge in [-0.1, -0.05) is 18.2 Å². The van der Waals surface area contributed by atoms with Gasteiger partial charge in [0.25, 0.3) is 5.56 Å². The van der Waals surface area contributed by atoms with Gasteiger partial charge in [-0.25, -0.2) is 9.37 Å². The Morgan fingerprint density at radius 2 is 1.90 bits per heavy atom. The predicted octanol–water partition coefficient (Wildman–Crippen LogP) is 6.58. The molecule has 0 amide bonds. The standard InChI is InChI=1S/C30H28F4N4O2/c1-6-17(2)27(35-5)21-13-18(3)37-28-20(21)9-7-11-26(28)40-16-23-22(19(4)36-14-25(23)31)15-38-12-8-10-24(29(38)39)30(32,33)34/h6-14H,15-16H2,1-5H3. The van der Waals surface area contributed by atoms with E-state index in [2.05, 4.69) is 15.0 Å². The fraction of sp³-hybridized carbons (Fsp3) is 0.267. The Labute approximate surface area is 228 Å². The van der Waals surface area contributed by atoms with Crippen LogP contribution in [0, 0.1) is 19.7 Å². The summed E-state index contributed by atoms with van der Waals surface area (Å²) in [6.45, 7) is 6.78. The molecule has 3 heterocycles. The zero-order valence-corrected chi connectivity index (χ0v) is 22.7. The summed E-state index contributed by atoms with van der Waals surface area (Å²) in [5.74, 6) is -0.304. The summed E-state index contributed by atoms with van der Waals surface area (Å²) >= 11 is 0. The second-order valence-corrected chi connectivity index (χ2v) is 9.30. The van der Waals surface area contributed by atoms with Crippen LogP contribution in [0.15, 0.2) is 70.2 Å². The van der Waals surface area contributed by atoms with Gasteiger partial charge in [-0.2, -0.15) is 13.2 Å². The van der Waals surface area contributed by atoms with Crippen molar-refractivity contribution < 1.29 is 22.3 Å². The number of para-hydroxylation sites is 1. The van der Waals surface area contributed by atoms with Gasteiger partial charge in [0, 0.05) is 46.7 Å². The monoisotopic (exact) mass is 552 g/mol. The number of pyridine rings is 3. The van der Waals surface area contributed by atoms with E-state index in [1.165, 1.54) is 6.20 Å². The Kier molecular flexibility index (Phi) is 8.18. The number of hydrogen-bond donors (Lipinski definition) is 0. The molecule has 6 nitrogen and oxygen atoms in total. The van der Waals surface area contributed by atoms with Crippen molar-refractivity contribution in [2.24, 2.45) is 4.99 Å². The van der Waals surface area contributed by atoms with Gasteiger partial charge in [0.15, 0.2) is 0 Å². The number of aliphatic imine (C=N–C) groups is 1. The number of alkyl halides is 3. The van der Waals surface area contributed by atoms with E-state index in [4.69, 9.17) is 4.74 Å². The minimum Gasteiger partial charge on any atom is -0.486 e. The number of fused-ring (bicyclic) bond motifs is 1. The Balaban J connectivity index is 1.75. The molecule has 0 aliphatic rings. The number of rotatable bonds is 7. The first kappa shape index (κ1) is 28.7. The highest BCUT2D eigenvalue weighted by Crippen LogP contribution is 2.31. The predicted molar refractivity (Wildman–Crippen MR) is 146 cm³/mol. The number of halogens is 4. The van der Waals surface area contributed by atoms with Gasteiger partial charge in [0.2, 0.25) is 0 Å². The molecule has 4 aromatic rings. The van der Waals surface area contributed by atoms with E-state index in [1.54, 1.807) is 26.1 Å². The third kappa shape index (κ3) is 5.66. The summed E-state index contributed by atoms with van der Waals surface area (Å²) in [4.78, 5) is 25.7. The van der Waals surface area contributed by atoms with Crippen molar-refractivity contribution in [2.45, 2.75) is 47.0 Å². The summed E-state index contributed by atoms with van der Waals surface area (Å²) < 4.78 is 61.9. The van der Waals surface area contributed by atoms with Gasteiger partial charge in [-0.15, -0.1) is 0 Å². The molecule has 4 rings (SSSR count). The van der Waals surface area contributed by atoms with Crippen molar-refractivity contribution in [1.29, 1.82) is 0 Å². The lowest BCUT2D eigenvalue weighted by Gasteiger charge is -2.17. The van der Waals surface area contributed by atoms with Crippen LogP contribution in [0.4, 0.5) is 17.6 Å². The van der Waals surface area contributed by atoms with Crippen molar-refractivity contribution >= 4 is 16.6 Å². The van der Waals surface area contributed by atoms with Crippen LogP contribution in [0.1, 0.15) is 47.5 Å². The molecule has 3 aromatic heterocycles. The fourth-order valence-corrected chi connectivity index (χ4v) is 4.54. The van der Waals surface area contributed by atoms with E-state index in [-0.39, 0.29) is 24.3 Å².